The van der Waals surface area contributed by atoms with E-state index in [4.69, 9.17) is 9.73 Å². The van der Waals surface area contributed by atoms with Crippen LogP contribution in [-0.4, -0.2) is 50.6 Å². The van der Waals surface area contributed by atoms with Crippen molar-refractivity contribution in [2.24, 2.45) is 10.9 Å². The first-order valence-electron chi connectivity index (χ1n) is 8.13. The summed E-state index contributed by atoms with van der Waals surface area (Å²) in [5.41, 5.74) is 0.991. The van der Waals surface area contributed by atoms with E-state index < -0.39 is 10.0 Å². The Labute approximate surface area is 137 Å². The number of piperidine rings is 1. The molecule has 3 rings (SSSR count). The number of allylic oxidation sites excluding steroid dienone is 3. The molecule has 2 heterocycles. The van der Waals surface area contributed by atoms with Gasteiger partial charge in [0.05, 0.1) is 18.1 Å². The third-order valence-electron chi connectivity index (χ3n) is 4.80. The summed E-state index contributed by atoms with van der Waals surface area (Å²) in [5, 5.41) is 0. The highest BCUT2D eigenvalue weighted by molar-refractivity contribution is 7.88. The molecule has 23 heavy (non-hydrogen) atoms. The molecule has 1 saturated heterocycles. The van der Waals surface area contributed by atoms with Gasteiger partial charge in [0, 0.05) is 25.1 Å². The van der Waals surface area contributed by atoms with Gasteiger partial charge in [0.2, 0.25) is 15.9 Å². The molecule has 1 unspecified atom stereocenters. The molecule has 3 aliphatic rings. The normalized spacial score (nSPS) is 27.7. The predicted octanol–water partition coefficient (Wildman–Crippen LogP) is 2.42. The van der Waals surface area contributed by atoms with E-state index in [1.807, 2.05) is 6.08 Å². The highest BCUT2D eigenvalue weighted by Gasteiger charge is 2.33. The number of halogens is 1. The SMILES string of the molecule is CS(=O)(=O)N1CCC(C2COC(C3=CCC=C(F)CC3)=N2)CC1. The summed E-state index contributed by atoms with van der Waals surface area (Å²) in [4.78, 5) is 4.70. The minimum absolute atomic E-state index is 0.0699. The van der Waals surface area contributed by atoms with E-state index in [-0.39, 0.29) is 11.9 Å². The lowest BCUT2D eigenvalue weighted by atomic mass is 9.91. The minimum Gasteiger partial charge on any atom is -0.475 e. The topological polar surface area (TPSA) is 59.0 Å². The highest BCUT2D eigenvalue weighted by atomic mass is 32.2. The van der Waals surface area contributed by atoms with Crippen molar-refractivity contribution in [1.82, 2.24) is 4.31 Å². The highest BCUT2D eigenvalue weighted by Crippen LogP contribution is 2.29. The summed E-state index contributed by atoms with van der Waals surface area (Å²) in [6.45, 7) is 1.66. The molecule has 1 atom stereocenters. The van der Waals surface area contributed by atoms with Crippen LogP contribution >= 0.6 is 0 Å². The summed E-state index contributed by atoms with van der Waals surface area (Å²) in [5.74, 6) is 0.940. The standard InChI is InChI=1S/C16H23FN2O3S/c1-23(20,21)19-9-7-12(8-10-19)15-11-22-16(18-15)13-3-2-4-14(17)6-5-13/h3-4,12,15H,2,5-11H2,1H3. The van der Waals surface area contributed by atoms with Gasteiger partial charge in [-0.25, -0.2) is 22.1 Å². The van der Waals surface area contributed by atoms with E-state index in [0.717, 1.165) is 18.4 Å². The van der Waals surface area contributed by atoms with E-state index in [0.29, 0.717) is 50.8 Å². The van der Waals surface area contributed by atoms with Crippen molar-refractivity contribution in [2.45, 2.75) is 38.1 Å². The summed E-state index contributed by atoms with van der Waals surface area (Å²) < 4.78 is 43.7. The van der Waals surface area contributed by atoms with Crippen LogP contribution in [-0.2, 0) is 14.8 Å². The molecule has 0 amide bonds. The van der Waals surface area contributed by atoms with Gasteiger partial charge in [-0.05, 0) is 37.7 Å². The maximum atomic E-state index is 13.3. The van der Waals surface area contributed by atoms with E-state index in [1.54, 1.807) is 6.08 Å². The van der Waals surface area contributed by atoms with Crippen molar-refractivity contribution in [1.29, 1.82) is 0 Å². The molecule has 0 radical (unpaired) electrons. The predicted molar refractivity (Wildman–Crippen MR) is 87.4 cm³/mol. The molecule has 0 spiro atoms. The van der Waals surface area contributed by atoms with Gasteiger partial charge in [-0.1, -0.05) is 6.08 Å². The largest absolute Gasteiger partial charge is 0.475 e. The Morgan fingerprint density at radius 1 is 1.26 bits per heavy atom. The Kier molecular flexibility index (Phi) is 4.87. The Hall–Kier alpha value is -1.21. The fraction of sp³-hybridized carbons (Fsp3) is 0.688. The average Bonchev–Trinajstić information content (AvgIpc) is 2.90. The van der Waals surface area contributed by atoms with E-state index in [9.17, 15) is 12.8 Å². The number of aliphatic imine (C=N–C) groups is 1. The molecular formula is C16H23FN2O3S. The summed E-state index contributed by atoms with van der Waals surface area (Å²) in [7, 11) is -3.09. The van der Waals surface area contributed by atoms with Crippen molar-refractivity contribution in [3.05, 3.63) is 23.6 Å². The van der Waals surface area contributed by atoms with Crippen molar-refractivity contribution in [3.63, 3.8) is 0 Å². The first-order valence-corrected chi connectivity index (χ1v) is 9.98. The first kappa shape index (κ1) is 16.6. The zero-order valence-corrected chi connectivity index (χ0v) is 14.2. The van der Waals surface area contributed by atoms with Crippen LogP contribution in [0.4, 0.5) is 4.39 Å². The molecule has 1 fully saturated rings. The van der Waals surface area contributed by atoms with E-state index in [1.165, 1.54) is 10.6 Å². The van der Waals surface area contributed by atoms with Crippen molar-refractivity contribution in [2.75, 3.05) is 26.0 Å². The zero-order valence-electron chi connectivity index (χ0n) is 13.4. The second kappa shape index (κ2) is 6.73. The molecule has 5 nitrogen and oxygen atoms in total. The zero-order chi connectivity index (χ0) is 16.4. The number of hydrogen-bond acceptors (Lipinski definition) is 4. The number of ether oxygens (including phenoxy) is 1. The molecule has 0 bridgehead atoms. The van der Waals surface area contributed by atoms with Gasteiger partial charge in [-0.3, -0.25) is 0 Å². The quantitative estimate of drug-likeness (QED) is 0.791. The number of rotatable bonds is 3. The lowest BCUT2D eigenvalue weighted by Gasteiger charge is -2.31. The van der Waals surface area contributed by atoms with E-state index in [2.05, 4.69) is 0 Å². The fourth-order valence-electron chi connectivity index (χ4n) is 3.38. The van der Waals surface area contributed by atoms with Gasteiger partial charge in [0.1, 0.15) is 6.61 Å². The van der Waals surface area contributed by atoms with Crippen LogP contribution in [0.2, 0.25) is 0 Å². The smallest absolute Gasteiger partial charge is 0.212 e. The van der Waals surface area contributed by atoms with Crippen LogP contribution in [0.5, 0.6) is 0 Å². The third kappa shape index (κ3) is 4.01. The maximum absolute atomic E-state index is 13.3. The molecular weight excluding hydrogens is 319 g/mol. The van der Waals surface area contributed by atoms with Crippen LogP contribution in [0, 0.1) is 5.92 Å². The minimum atomic E-state index is -3.09. The van der Waals surface area contributed by atoms with Gasteiger partial charge in [0.25, 0.3) is 0 Å². The van der Waals surface area contributed by atoms with Gasteiger partial charge in [-0.2, -0.15) is 0 Å². The van der Waals surface area contributed by atoms with Crippen molar-refractivity contribution >= 4 is 15.9 Å². The van der Waals surface area contributed by atoms with Crippen LogP contribution in [0.25, 0.3) is 0 Å². The Bertz CT molecular complexity index is 646. The molecule has 0 aromatic carbocycles. The first-order chi connectivity index (χ1) is 10.9. The number of sulfonamides is 1. The van der Waals surface area contributed by atoms with Gasteiger partial charge in [0.15, 0.2) is 0 Å². The molecule has 7 heteroatoms. The van der Waals surface area contributed by atoms with Crippen LogP contribution in [0.15, 0.2) is 28.5 Å². The van der Waals surface area contributed by atoms with Crippen LogP contribution < -0.4 is 0 Å². The second-order valence-electron chi connectivity index (χ2n) is 6.43. The summed E-state index contributed by atoms with van der Waals surface area (Å²) >= 11 is 0. The third-order valence-corrected chi connectivity index (χ3v) is 6.10. The average molecular weight is 342 g/mol. The molecule has 0 N–H and O–H groups in total. The number of hydrogen-bond donors (Lipinski definition) is 0. The molecule has 1 aliphatic carbocycles. The lowest BCUT2D eigenvalue weighted by Crippen LogP contribution is -2.40. The van der Waals surface area contributed by atoms with Gasteiger partial charge in [-0.15, -0.1) is 0 Å². The number of nitrogens with zero attached hydrogens (tertiary/aromatic N) is 2. The summed E-state index contributed by atoms with van der Waals surface area (Å²) in [6.07, 6.45) is 8.09. The molecule has 0 aromatic heterocycles. The monoisotopic (exact) mass is 342 g/mol. The lowest BCUT2D eigenvalue weighted by molar-refractivity contribution is 0.212. The van der Waals surface area contributed by atoms with Crippen LogP contribution in [0.3, 0.4) is 0 Å². The molecule has 2 aliphatic heterocycles. The van der Waals surface area contributed by atoms with Gasteiger partial charge >= 0.3 is 0 Å². The Morgan fingerprint density at radius 2 is 2.00 bits per heavy atom. The molecule has 0 aromatic rings. The Morgan fingerprint density at radius 3 is 2.70 bits per heavy atom. The van der Waals surface area contributed by atoms with Crippen LogP contribution in [0.1, 0.15) is 32.1 Å². The van der Waals surface area contributed by atoms with Gasteiger partial charge < -0.3 is 4.74 Å². The second-order valence-corrected chi connectivity index (χ2v) is 8.41. The summed E-state index contributed by atoms with van der Waals surface area (Å²) in [6, 6.07) is 0.0914. The van der Waals surface area contributed by atoms with E-state index >= 15 is 0 Å². The molecule has 0 saturated carbocycles. The Balaban J connectivity index is 1.59. The molecule has 128 valence electrons. The maximum Gasteiger partial charge on any atom is 0.212 e. The van der Waals surface area contributed by atoms with Crippen molar-refractivity contribution in [3.8, 4) is 0 Å². The van der Waals surface area contributed by atoms with Crippen molar-refractivity contribution < 1.29 is 17.5 Å². The fourth-order valence-corrected chi connectivity index (χ4v) is 4.25.